The Morgan fingerprint density at radius 1 is 0.884 bits per heavy atom. The van der Waals surface area contributed by atoms with Crippen LogP contribution in [0.3, 0.4) is 0 Å². The number of ether oxygens (including phenoxy) is 5. The number of carbonyl (C=O) groups is 2. The molecule has 11 heteroatoms. The van der Waals surface area contributed by atoms with Crippen molar-refractivity contribution in [1.82, 2.24) is 0 Å². The van der Waals surface area contributed by atoms with Crippen LogP contribution in [0.15, 0.2) is 23.5 Å². The van der Waals surface area contributed by atoms with Crippen molar-refractivity contribution in [2.24, 2.45) is 5.92 Å². The molecule has 0 saturated carbocycles. The second-order valence-corrected chi connectivity index (χ2v) is 11.4. The lowest BCUT2D eigenvalue weighted by Gasteiger charge is -2.41. The van der Waals surface area contributed by atoms with Crippen LogP contribution < -0.4 is 0 Å². The third-order valence-electron chi connectivity index (χ3n) is 8.11. The number of unbranched alkanes of at least 4 members (excludes halogenated alkanes) is 12. The van der Waals surface area contributed by atoms with E-state index >= 15 is 0 Å². The Hall–Kier alpha value is -2.02. The van der Waals surface area contributed by atoms with Gasteiger partial charge in [-0.05, 0) is 13.3 Å². The first-order chi connectivity index (χ1) is 20.8. The number of rotatable bonds is 20. The summed E-state index contributed by atoms with van der Waals surface area (Å²) in [6.07, 6.45) is 9.78. The molecule has 2 heterocycles. The number of esters is 2. The van der Waals surface area contributed by atoms with Crippen LogP contribution in [-0.2, 0) is 33.3 Å². The average molecular weight is 615 g/mol. The number of methoxy groups -OCH3 is 1. The summed E-state index contributed by atoms with van der Waals surface area (Å²) in [5, 5.41) is 40.0. The molecule has 0 aliphatic carbocycles. The number of hydrogen-bond acceptors (Lipinski definition) is 11. The van der Waals surface area contributed by atoms with Crippen LogP contribution in [0.25, 0.3) is 0 Å². The summed E-state index contributed by atoms with van der Waals surface area (Å²) >= 11 is 0. The molecule has 2 aliphatic rings. The minimum atomic E-state index is -1.64. The van der Waals surface area contributed by atoms with Crippen molar-refractivity contribution in [3.05, 3.63) is 23.5 Å². The first-order valence-electron chi connectivity index (χ1n) is 16.0. The van der Waals surface area contributed by atoms with E-state index in [9.17, 15) is 30.0 Å². The molecule has 248 valence electrons. The molecule has 4 N–H and O–H groups in total. The van der Waals surface area contributed by atoms with E-state index in [4.69, 9.17) is 23.7 Å². The van der Waals surface area contributed by atoms with Crippen LogP contribution in [0.1, 0.15) is 104 Å². The first kappa shape index (κ1) is 37.2. The molecule has 0 aromatic carbocycles. The Morgan fingerprint density at radius 3 is 2.00 bits per heavy atom. The molecule has 1 saturated heterocycles. The van der Waals surface area contributed by atoms with E-state index in [1.165, 1.54) is 71.3 Å². The van der Waals surface area contributed by atoms with Gasteiger partial charge in [-0.3, -0.25) is 4.79 Å². The molecule has 7 atom stereocenters. The zero-order valence-electron chi connectivity index (χ0n) is 26.2. The number of hydrogen-bond donors (Lipinski definition) is 4. The molecular weight excluding hydrogens is 560 g/mol. The van der Waals surface area contributed by atoms with E-state index in [0.717, 1.165) is 25.5 Å². The molecule has 0 aromatic heterocycles. The standard InChI is InChI=1S/C32H54O11/c1-4-6-7-8-9-10-11-12-13-14-15-16-17-18-40-26(34)19-23-22(5-2)31(41-21-24(23)30(38)39-3)43-32-29(37)28(36)27(35)25(20-33)42-32/h5,21,23,25,27-29,31-33,35-37H,4,6-20H2,1-3H3/b22-5+/t23-,25+,27+,28-,29+,31-,32-/m0/s1. The van der Waals surface area contributed by atoms with E-state index in [2.05, 4.69) is 6.92 Å². The van der Waals surface area contributed by atoms with Gasteiger partial charge in [0, 0.05) is 11.5 Å². The van der Waals surface area contributed by atoms with Crippen LogP contribution in [-0.4, -0.2) is 89.7 Å². The highest BCUT2D eigenvalue weighted by Gasteiger charge is 2.46. The van der Waals surface area contributed by atoms with Gasteiger partial charge in [-0.1, -0.05) is 90.0 Å². The van der Waals surface area contributed by atoms with Gasteiger partial charge in [0.1, 0.15) is 24.4 Å². The number of allylic oxidation sites excluding steroid dienone is 1. The lowest BCUT2D eigenvalue weighted by molar-refractivity contribution is -0.327. The molecule has 11 nitrogen and oxygen atoms in total. The van der Waals surface area contributed by atoms with E-state index in [0.29, 0.717) is 5.57 Å². The van der Waals surface area contributed by atoms with Gasteiger partial charge in [0.05, 0.1) is 38.6 Å². The molecule has 0 bridgehead atoms. The zero-order chi connectivity index (χ0) is 31.6. The SMILES string of the molecule is C/C=C1/[C@H](O[C@@H]2O[C@H](CO)[C@@H](O)[C@H](O)[C@H]2O)OC=C(C(=O)OC)[C@H]1CC(=O)OCCCCCCCCCCCCCCC. The van der Waals surface area contributed by atoms with Crippen molar-refractivity contribution in [3.63, 3.8) is 0 Å². The van der Waals surface area contributed by atoms with Crippen molar-refractivity contribution in [2.75, 3.05) is 20.3 Å². The lowest BCUT2D eigenvalue weighted by atomic mass is 9.86. The maximum atomic E-state index is 12.8. The summed E-state index contributed by atoms with van der Waals surface area (Å²) in [5.74, 6) is -1.97. The number of aliphatic hydroxyl groups is 4. The number of carbonyl (C=O) groups excluding carboxylic acids is 2. The molecule has 0 unspecified atom stereocenters. The van der Waals surface area contributed by atoms with E-state index in [-0.39, 0.29) is 18.6 Å². The molecule has 0 amide bonds. The van der Waals surface area contributed by atoms with Crippen molar-refractivity contribution >= 4 is 11.9 Å². The number of aliphatic hydroxyl groups excluding tert-OH is 4. The fraction of sp³-hybridized carbons (Fsp3) is 0.812. The van der Waals surface area contributed by atoms with Gasteiger partial charge in [0.15, 0.2) is 6.29 Å². The lowest BCUT2D eigenvalue weighted by Crippen LogP contribution is -2.60. The van der Waals surface area contributed by atoms with Gasteiger partial charge in [0.2, 0.25) is 6.29 Å². The highest BCUT2D eigenvalue weighted by molar-refractivity contribution is 5.90. The minimum Gasteiger partial charge on any atom is -0.468 e. The molecular formula is C32H54O11. The van der Waals surface area contributed by atoms with Crippen LogP contribution in [0.4, 0.5) is 0 Å². The second kappa shape index (κ2) is 20.8. The van der Waals surface area contributed by atoms with Crippen LogP contribution in [0.5, 0.6) is 0 Å². The normalized spacial score (nSPS) is 28.3. The van der Waals surface area contributed by atoms with E-state index < -0.39 is 61.5 Å². The molecule has 1 fully saturated rings. The maximum Gasteiger partial charge on any atom is 0.337 e. The fourth-order valence-corrected chi connectivity index (χ4v) is 5.46. The summed E-state index contributed by atoms with van der Waals surface area (Å²) in [6, 6.07) is 0. The zero-order valence-corrected chi connectivity index (χ0v) is 26.2. The summed E-state index contributed by atoms with van der Waals surface area (Å²) in [7, 11) is 1.22. The Labute approximate surface area is 256 Å². The van der Waals surface area contributed by atoms with Gasteiger partial charge < -0.3 is 44.1 Å². The summed E-state index contributed by atoms with van der Waals surface area (Å²) in [5.41, 5.74) is 0.486. The molecule has 0 radical (unpaired) electrons. The third kappa shape index (κ3) is 12.1. The quantitative estimate of drug-likeness (QED) is 0.0897. The predicted octanol–water partition coefficient (Wildman–Crippen LogP) is 3.80. The Morgan fingerprint density at radius 2 is 1.47 bits per heavy atom. The molecule has 0 spiro atoms. The Balaban J connectivity index is 1.80. The van der Waals surface area contributed by atoms with Crippen LogP contribution >= 0.6 is 0 Å². The van der Waals surface area contributed by atoms with Gasteiger partial charge in [-0.15, -0.1) is 0 Å². The summed E-state index contributed by atoms with van der Waals surface area (Å²) in [4.78, 5) is 25.3. The monoisotopic (exact) mass is 614 g/mol. The van der Waals surface area contributed by atoms with Crippen LogP contribution in [0.2, 0.25) is 0 Å². The van der Waals surface area contributed by atoms with E-state index in [1.54, 1.807) is 13.0 Å². The van der Waals surface area contributed by atoms with Gasteiger partial charge in [0.25, 0.3) is 0 Å². The average Bonchev–Trinajstić information content (AvgIpc) is 3.01. The van der Waals surface area contributed by atoms with Gasteiger partial charge >= 0.3 is 11.9 Å². The maximum absolute atomic E-state index is 12.8. The Bertz CT molecular complexity index is 871. The largest absolute Gasteiger partial charge is 0.468 e. The highest BCUT2D eigenvalue weighted by atomic mass is 16.8. The molecule has 2 aliphatic heterocycles. The smallest absolute Gasteiger partial charge is 0.337 e. The summed E-state index contributed by atoms with van der Waals surface area (Å²) < 4.78 is 27.1. The van der Waals surface area contributed by atoms with Gasteiger partial charge in [-0.2, -0.15) is 0 Å². The van der Waals surface area contributed by atoms with Crippen molar-refractivity contribution in [1.29, 1.82) is 0 Å². The molecule has 2 rings (SSSR count). The topological polar surface area (TPSA) is 161 Å². The third-order valence-corrected chi connectivity index (χ3v) is 8.11. The van der Waals surface area contributed by atoms with E-state index in [1.807, 2.05) is 0 Å². The molecule has 0 aromatic rings. The fourth-order valence-electron chi connectivity index (χ4n) is 5.46. The second-order valence-electron chi connectivity index (χ2n) is 11.4. The minimum absolute atomic E-state index is 0.0992. The van der Waals surface area contributed by atoms with Gasteiger partial charge in [-0.25, -0.2) is 4.79 Å². The first-order valence-corrected chi connectivity index (χ1v) is 16.0. The summed E-state index contributed by atoms with van der Waals surface area (Å²) in [6.45, 7) is 3.58. The van der Waals surface area contributed by atoms with Crippen molar-refractivity contribution in [3.8, 4) is 0 Å². The van der Waals surface area contributed by atoms with Crippen molar-refractivity contribution in [2.45, 2.75) is 141 Å². The highest BCUT2D eigenvalue weighted by Crippen LogP contribution is 2.36. The van der Waals surface area contributed by atoms with Crippen LogP contribution in [0, 0.1) is 5.92 Å². The Kier molecular flexibility index (Phi) is 18.0. The predicted molar refractivity (Wildman–Crippen MR) is 158 cm³/mol. The van der Waals surface area contributed by atoms with Crippen molar-refractivity contribution < 1.29 is 53.7 Å². The molecule has 43 heavy (non-hydrogen) atoms.